The van der Waals surface area contributed by atoms with Crippen LogP contribution in [-0.2, 0) is 18.4 Å². The Kier molecular flexibility index (Phi) is 6.29. The quantitative estimate of drug-likeness (QED) is 0.422. The summed E-state index contributed by atoms with van der Waals surface area (Å²) in [4.78, 5) is 12.2. The number of oxazole rings is 1. The van der Waals surface area contributed by atoms with Gasteiger partial charge in [-0.05, 0) is 37.1 Å². The lowest BCUT2D eigenvalue weighted by molar-refractivity contribution is 0.383. The lowest BCUT2D eigenvalue weighted by Gasteiger charge is -2.13. The lowest BCUT2D eigenvalue weighted by atomic mass is 9.94. The normalized spacial score (nSPS) is 12.5. The Bertz CT molecular complexity index is 951. The Labute approximate surface area is 170 Å². The van der Waals surface area contributed by atoms with Crippen LogP contribution in [0, 0.1) is 0 Å². The van der Waals surface area contributed by atoms with E-state index in [4.69, 9.17) is 16.0 Å². The molecule has 150 valence electrons. The van der Waals surface area contributed by atoms with Crippen molar-refractivity contribution in [2.45, 2.75) is 46.1 Å². The van der Waals surface area contributed by atoms with Crippen LogP contribution in [0.25, 0.3) is 10.9 Å². The van der Waals surface area contributed by atoms with E-state index in [1.165, 1.54) is 5.56 Å². The van der Waals surface area contributed by atoms with Gasteiger partial charge in [-0.2, -0.15) is 0 Å². The third-order valence-corrected chi connectivity index (χ3v) is 4.66. The number of hydrogen-bond donors (Lipinski definition) is 3. The molecule has 0 aliphatic rings. The van der Waals surface area contributed by atoms with Crippen LogP contribution in [0.2, 0.25) is 5.02 Å². The molecule has 0 bridgehead atoms. The molecule has 3 rings (SSSR count). The topological polar surface area (TPSA) is 78.2 Å². The van der Waals surface area contributed by atoms with E-state index in [-0.39, 0.29) is 5.41 Å². The molecular formula is C21H28ClN5O. The van der Waals surface area contributed by atoms with Crippen molar-refractivity contribution in [2.24, 2.45) is 4.99 Å². The molecular weight excluding hydrogens is 374 g/mol. The van der Waals surface area contributed by atoms with Gasteiger partial charge in [-0.3, -0.25) is 0 Å². The summed E-state index contributed by atoms with van der Waals surface area (Å²) in [7, 11) is 0. The zero-order chi connectivity index (χ0) is 20.1. The predicted octanol–water partition coefficient (Wildman–Crippen LogP) is 4.40. The van der Waals surface area contributed by atoms with Crippen molar-refractivity contribution in [1.82, 2.24) is 20.6 Å². The molecule has 0 fully saturated rings. The molecule has 0 aliphatic carbocycles. The fourth-order valence-corrected chi connectivity index (χ4v) is 3.06. The van der Waals surface area contributed by atoms with E-state index in [2.05, 4.69) is 46.4 Å². The van der Waals surface area contributed by atoms with E-state index >= 15 is 0 Å². The number of rotatable bonds is 6. The van der Waals surface area contributed by atoms with Gasteiger partial charge in [0.05, 0.1) is 6.20 Å². The molecule has 0 spiro atoms. The molecule has 1 aromatic carbocycles. The minimum Gasteiger partial charge on any atom is -0.443 e. The Morgan fingerprint density at radius 1 is 1.29 bits per heavy atom. The maximum Gasteiger partial charge on any atom is 0.216 e. The number of guanidine groups is 1. The smallest absolute Gasteiger partial charge is 0.216 e. The molecule has 0 atom stereocenters. The van der Waals surface area contributed by atoms with Gasteiger partial charge in [-0.1, -0.05) is 32.4 Å². The number of benzene rings is 1. The first kappa shape index (κ1) is 20.3. The van der Waals surface area contributed by atoms with Gasteiger partial charge in [-0.25, -0.2) is 9.98 Å². The summed E-state index contributed by atoms with van der Waals surface area (Å²) in [5.74, 6) is 2.23. The van der Waals surface area contributed by atoms with Gasteiger partial charge in [0.1, 0.15) is 12.3 Å². The Morgan fingerprint density at radius 3 is 2.82 bits per heavy atom. The summed E-state index contributed by atoms with van der Waals surface area (Å²) in [6.45, 7) is 10.3. The predicted molar refractivity (Wildman–Crippen MR) is 115 cm³/mol. The number of H-pyrrole nitrogens is 1. The largest absolute Gasteiger partial charge is 0.443 e. The van der Waals surface area contributed by atoms with Crippen molar-refractivity contribution in [1.29, 1.82) is 0 Å². The van der Waals surface area contributed by atoms with Crippen LogP contribution in [0.3, 0.4) is 0 Å². The van der Waals surface area contributed by atoms with Gasteiger partial charge < -0.3 is 20.0 Å². The number of fused-ring (bicyclic) bond motifs is 1. The minimum absolute atomic E-state index is 0.0556. The SMILES string of the molecule is CCNC(=NCc1ncc(C(C)(C)C)o1)NCCc1c[nH]c2ccc(Cl)cc12. The first-order valence-electron chi connectivity index (χ1n) is 9.59. The van der Waals surface area contributed by atoms with Crippen LogP contribution in [0.1, 0.15) is 44.9 Å². The van der Waals surface area contributed by atoms with Crippen molar-refractivity contribution in [3.63, 3.8) is 0 Å². The molecule has 3 N–H and O–H groups in total. The Morgan fingerprint density at radius 2 is 2.11 bits per heavy atom. The highest BCUT2D eigenvalue weighted by molar-refractivity contribution is 6.31. The van der Waals surface area contributed by atoms with E-state index in [1.807, 2.05) is 31.3 Å². The summed E-state index contributed by atoms with van der Waals surface area (Å²) >= 11 is 6.13. The Hall–Kier alpha value is -2.47. The van der Waals surface area contributed by atoms with Crippen molar-refractivity contribution >= 4 is 28.5 Å². The molecule has 3 aromatic rings. The second kappa shape index (κ2) is 8.69. The Balaban J connectivity index is 1.60. The highest BCUT2D eigenvalue weighted by Crippen LogP contribution is 2.23. The van der Waals surface area contributed by atoms with Crippen LogP contribution < -0.4 is 10.6 Å². The average molecular weight is 402 g/mol. The average Bonchev–Trinajstić information content (AvgIpc) is 3.26. The van der Waals surface area contributed by atoms with E-state index < -0.39 is 0 Å². The highest BCUT2D eigenvalue weighted by Gasteiger charge is 2.19. The van der Waals surface area contributed by atoms with Crippen molar-refractivity contribution in [3.05, 3.63) is 52.8 Å². The lowest BCUT2D eigenvalue weighted by Crippen LogP contribution is -2.38. The molecule has 0 saturated heterocycles. The molecule has 0 radical (unpaired) electrons. The number of halogens is 1. The van der Waals surface area contributed by atoms with E-state index in [0.29, 0.717) is 12.4 Å². The van der Waals surface area contributed by atoms with E-state index in [1.54, 1.807) is 6.20 Å². The summed E-state index contributed by atoms with van der Waals surface area (Å²) in [6.07, 6.45) is 4.68. The van der Waals surface area contributed by atoms with Crippen LogP contribution in [0.4, 0.5) is 0 Å². The van der Waals surface area contributed by atoms with Gasteiger partial charge >= 0.3 is 0 Å². The van der Waals surface area contributed by atoms with Crippen LogP contribution >= 0.6 is 11.6 Å². The van der Waals surface area contributed by atoms with Gasteiger partial charge in [0.2, 0.25) is 5.89 Å². The minimum atomic E-state index is -0.0556. The van der Waals surface area contributed by atoms with Gasteiger partial charge in [0.15, 0.2) is 5.96 Å². The number of aromatic amines is 1. The van der Waals surface area contributed by atoms with E-state index in [0.717, 1.165) is 47.2 Å². The van der Waals surface area contributed by atoms with Crippen LogP contribution in [0.15, 0.2) is 40.0 Å². The summed E-state index contributed by atoms with van der Waals surface area (Å²) in [6, 6.07) is 5.89. The number of hydrogen-bond acceptors (Lipinski definition) is 3. The molecule has 0 amide bonds. The summed E-state index contributed by atoms with van der Waals surface area (Å²) in [5.41, 5.74) is 2.27. The molecule has 0 unspecified atom stereocenters. The molecule has 2 aromatic heterocycles. The summed E-state index contributed by atoms with van der Waals surface area (Å²) in [5, 5.41) is 8.53. The molecule has 0 aliphatic heterocycles. The molecule has 0 saturated carbocycles. The monoisotopic (exact) mass is 401 g/mol. The van der Waals surface area contributed by atoms with Gasteiger partial charge in [-0.15, -0.1) is 0 Å². The van der Waals surface area contributed by atoms with Crippen molar-refractivity contribution in [2.75, 3.05) is 13.1 Å². The fourth-order valence-electron chi connectivity index (χ4n) is 2.89. The molecule has 2 heterocycles. The standard InChI is InChI=1S/C21H28ClN5O/c1-5-23-20(27-13-19-26-12-18(28-19)21(2,3)4)24-9-8-14-11-25-17-7-6-15(22)10-16(14)17/h6-7,10-12,25H,5,8-9,13H2,1-4H3,(H2,23,24,27). The van der Waals surface area contributed by atoms with E-state index in [9.17, 15) is 0 Å². The van der Waals surface area contributed by atoms with Gasteiger partial charge in [0, 0.05) is 40.6 Å². The molecule has 7 heteroatoms. The zero-order valence-electron chi connectivity index (χ0n) is 16.9. The zero-order valence-corrected chi connectivity index (χ0v) is 17.7. The maximum absolute atomic E-state index is 6.13. The van der Waals surface area contributed by atoms with Gasteiger partial charge in [0.25, 0.3) is 0 Å². The fraction of sp³-hybridized carbons (Fsp3) is 0.429. The van der Waals surface area contributed by atoms with Crippen LogP contribution in [-0.4, -0.2) is 29.0 Å². The second-order valence-corrected chi connectivity index (χ2v) is 8.18. The second-order valence-electron chi connectivity index (χ2n) is 7.74. The number of nitrogens with zero attached hydrogens (tertiary/aromatic N) is 2. The third-order valence-electron chi connectivity index (χ3n) is 4.43. The first-order chi connectivity index (χ1) is 13.4. The first-order valence-corrected chi connectivity index (χ1v) is 9.97. The van der Waals surface area contributed by atoms with Crippen LogP contribution in [0.5, 0.6) is 0 Å². The number of nitrogens with one attached hydrogen (secondary N) is 3. The number of aromatic nitrogens is 2. The molecule has 28 heavy (non-hydrogen) atoms. The number of aliphatic imine (C=N–C) groups is 1. The molecule has 6 nitrogen and oxygen atoms in total. The highest BCUT2D eigenvalue weighted by atomic mass is 35.5. The van der Waals surface area contributed by atoms with Crippen molar-refractivity contribution < 1.29 is 4.42 Å². The summed E-state index contributed by atoms with van der Waals surface area (Å²) < 4.78 is 5.81. The van der Waals surface area contributed by atoms with Crippen molar-refractivity contribution in [3.8, 4) is 0 Å². The third kappa shape index (κ3) is 5.07. The maximum atomic E-state index is 6.13.